The second-order valence-electron chi connectivity index (χ2n) is 8.10. The van der Waals surface area contributed by atoms with E-state index in [0.29, 0.717) is 15.5 Å². The number of halogens is 3. The molecule has 0 aliphatic carbocycles. The number of aromatic nitrogens is 1. The van der Waals surface area contributed by atoms with Gasteiger partial charge < -0.3 is 4.74 Å². The molecule has 1 fully saturated rings. The second-order valence-corrected chi connectivity index (χ2v) is 11.0. The van der Waals surface area contributed by atoms with Gasteiger partial charge in [-0.05, 0) is 42.8 Å². The van der Waals surface area contributed by atoms with Crippen LogP contribution in [0.2, 0.25) is 10.0 Å². The van der Waals surface area contributed by atoms with Crippen molar-refractivity contribution in [2.75, 3.05) is 11.5 Å². The Morgan fingerprint density at radius 3 is 2.50 bits per heavy atom. The largest absolute Gasteiger partial charge is 0.465 e. The molecule has 1 aromatic heterocycles. The standard InChI is InChI=1S/C24H17Cl2FN2O5S2/c1-2-34-15(30)10-28-23-20(36-24(28)33)16(13-4-3-5-14(25)18(13)26)17-19(35-23)22(32)29(21(17)31)12-8-6-11(27)7-9-12/h3-9,16-17,19H,2,10H2,1H3. The molecule has 3 aromatic rings. The van der Waals surface area contributed by atoms with Gasteiger partial charge in [-0.25, -0.2) is 9.29 Å². The molecule has 7 nitrogen and oxygen atoms in total. The Labute approximate surface area is 222 Å². The quantitative estimate of drug-likeness (QED) is 0.328. The molecule has 2 amide bonds. The minimum atomic E-state index is -0.905. The van der Waals surface area contributed by atoms with Gasteiger partial charge in [0, 0.05) is 10.8 Å². The van der Waals surface area contributed by atoms with Crippen LogP contribution in [-0.4, -0.2) is 34.2 Å². The number of anilines is 1. The third-order valence-electron chi connectivity index (χ3n) is 6.04. The fourth-order valence-corrected chi connectivity index (χ4v) is 7.72. The van der Waals surface area contributed by atoms with E-state index < -0.39 is 45.6 Å². The lowest BCUT2D eigenvalue weighted by Crippen LogP contribution is -2.33. The predicted molar refractivity (Wildman–Crippen MR) is 136 cm³/mol. The number of benzene rings is 2. The van der Waals surface area contributed by atoms with Crippen molar-refractivity contribution in [3.8, 4) is 0 Å². The van der Waals surface area contributed by atoms with E-state index in [0.717, 1.165) is 28.0 Å². The number of amides is 2. The molecule has 0 spiro atoms. The van der Waals surface area contributed by atoms with Gasteiger partial charge in [-0.2, -0.15) is 0 Å². The van der Waals surface area contributed by atoms with E-state index in [2.05, 4.69) is 0 Å². The van der Waals surface area contributed by atoms with E-state index in [4.69, 9.17) is 27.9 Å². The highest BCUT2D eigenvalue weighted by molar-refractivity contribution is 8.00. The maximum atomic E-state index is 13.7. The number of esters is 1. The van der Waals surface area contributed by atoms with E-state index in [1.54, 1.807) is 25.1 Å². The summed E-state index contributed by atoms with van der Waals surface area (Å²) < 4.78 is 19.8. The Morgan fingerprint density at radius 1 is 1.08 bits per heavy atom. The zero-order valence-electron chi connectivity index (χ0n) is 18.6. The number of nitrogens with zero attached hydrogens (tertiary/aromatic N) is 2. The molecule has 0 saturated carbocycles. The number of carbonyl (C=O) groups excluding carboxylic acids is 3. The van der Waals surface area contributed by atoms with Crippen LogP contribution >= 0.6 is 46.3 Å². The number of thioether (sulfide) groups is 1. The summed E-state index contributed by atoms with van der Waals surface area (Å²) in [6.45, 7) is 1.48. The van der Waals surface area contributed by atoms with Crippen molar-refractivity contribution in [2.24, 2.45) is 5.92 Å². The molecule has 2 aliphatic rings. The van der Waals surface area contributed by atoms with Crippen LogP contribution in [0.1, 0.15) is 23.3 Å². The highest BCUT2D eigenvalue weighted by atomic mass is 35.5. The van der Waals surface area contributed by atoms with Crippen LogP contribution < -0.4 is 9.77 Å². The SMILES string of the molecule is CCOC(=O)Cn1c2c(sc1=O)C(c1cccc(Cl)c1Cl)C1C(=O)N(c3ccc(F)cc3)C(=O)C1S2. The number of fused-ring (bicyclic) bond motifs is 2. The Hall–Kier alpha value is -2.66. The maximum absolute atomic E-state index is 13.7. The minimum absolute atomic E-state index is 0.151. The third-order valence-corrected chi connectivity index (χ3v) is 9.48. The first-order valence-electron chi connectivity index (χ1n) is 10.9. The Morgan fingerprint density at radius 2 is 1.81 bits per heavy atom. The van der Waals surface area contributed by atoms with Gasteiger partial charge in [0.25, 0.3) is 0 Å². The molecule has 0 N–H and O–H groups in total. The molecular formula is C24H17Cl2FN2O5S2. The maximum Gasteiger partial charge on any atom is 0.326 e. The van der Waals surface area contributed by atoms with Crippen molar-refractivity contribution in [1.82, 2.24) is 4.57 Å². The van der Waals surface area contributed by atoms with Gasteiger partial charge in [0.15, 0.2) is 0 Å². The molecule has 0 bridgehead atoms. The number of hydrogen-bond donors (Lipinski definition) is 0. The summed E-state index contributed by atoms with van der Waals surface area (Å²) in [7, 11) is 0. The average molecular weight is 567 g/mol. The van der Waals surface area contributed by atoms with Gasteiger partial charge >= 0.3 is 10.8 Å². The van der Waals surface area contributed by atoms with Crippen molar-refractivity contribution < 1.29 is 23.5 Å². The van der Waals surface area contributed by atoms with Crippen molar-refractivity contribution in [2.45, 2.75) is 29.7 Å². The predicted octanol–water partition coefficient (Wildman–Crippen LogP) is 4.71. The van der Waals surface area contributed by atoms with Gasteiger partial charge in [0.1, 0.15) is 17.6 Å². The van der Waals surface area contributed by atoms with Crippen LogP contribution in [0.4, 0.5) is 10.1 Å². The normalized spacial score (nSPS) is 20.9. The van der Waals surface area contributed by atoms with Crippen LogP contribution in [0.25, 0.3) is 0 Å². The van der Waals surface area contributed by atoms with Crippen LogP contribution in [0.3, 0.4) is 0 Å². The fourth-order valence-electron chi connectivity index (χ4n) is 4.53. The van der Waals surface area contributed by atoms with E-state index in [-0.39, 0.29) is 28.9 Å². The summed E-state index contributed by atoms with van der Waals surface area (Å²) in [6, 6.07) is 10.0. The molecule has 3 heterocycles. The molecule has 186 valence electrons. The minimum Gasteiger partial charge on any atom is -0.465 e. The summed E-state index contributed by atoms with van der Waals surface area (Å²) in [5, 5.41) is -0.0324. The van der Waals surface area contributed by atoms with Crippen LogP contribution in [0.15, 0.2) is 52.3 Å². The smallest absolute Gasteiger partial charge is 0.326 e. The fraction of sp³-hybridized carbons (Fsp3) is 0.250. The topological polar surface area (TPSA) is 85.7 Å². The number of thiazole rings is 1. The molecule has 0 radical (unpaired) electrons. The summed E-state index contributed by atoms with van der Waals surface area (Å²) in [4.78, 5) is 53.6. The monoisotopic (exact) mass is 566 g/mol. The molecular weight excluding hydrogens is 550 g/mol. The summed E-state index contributed by atoms with van der Waals surface area (Å²) in [5.74, 6) is -3.75. The number of hydrogen-bond acceptors (Lipinski definition) is 7. The van der Waals surface area contributed by atoms with Crippen molar-refractivity contribution in [1.29, 1.82) is 0 Å². The van der Waals surface area contributed by atoms with Gasteiger partial charge in [-0.3, -0.25) is 23.7 Å². The number of imide groups is 1. The van der Waals surface area contributed by atoms with Gasteiger partial charge in [0.2, 0.25) is 11.8 Å². The molecule has 3 atom stereocenters. The highest BCUT2D eigenvalue weighted by Crippen LogP contribution is 2.55. The second kappa shape index (κ2) is 9.66. The van der Waals surface area contributed by atoms with E-state index >= 15 is 0 Å². The molecule has 12 heteroatoms. The van der Waals surface area contributed by atoms with E-state index in [9.17, 15) is 23.6 Å². The third kappa shape index (κ3) is 4.06. The van der Waals surface area contributed by atoms with Crippen molar-refractivity contribution >= 4 is 69.8 Å². The molecule has 2 aromatic carbocycles. The average Bonchev–Trinajstić information content (AvgIpc) is 3.28. The van der Waals surface area contributed by atoms with Crippen molar-refractivity contribution in [3.63, 3.8) is 0 Å². The highest BCUT2D eigenvalue weighted by Gasteiger charge is 2.57. The van der Waals surface area contributed by atoms with Gasteiger partial charge in [0.05, 0.1) is 33.3 Å². The zero-order valence-corrected chi connectivity index (χ0v) is 21.7. The van der Waals surface area contributed by atoms with Gasteiger partial charge in [-0.1, -0.05) is 58.4 Å². The lowest BCUT2D eigenvalue weighted by atomic mass is 9.83. The summed E-state index contributed by atoms with van der Waals surface area (Å²) in [5.41, 5.74) is 0.733. The molecule has 36 heavy (non-hydrogen) atoms. The molecule has 1 saturated heterocycles. The lowest BCUT2D eigenvalue weighted by molar-refractivity contribution is -0.144. The molecule has 2 aliphatic heterocycles. The van der Waals surface area contributed by atoms with E-state index in [1.165, 1.54) is 28.8 Å². The lowest BCUT2D eigenvalue weighted by Gasteiger charge is -2.31. The number of rotatable bonds is 5. The van der Waals surface area contributed by atoms with Crippen molar-refractivity contribution in [3.05, 3.63) is 78.4 Å². The first-order valence-corrected chi connectivity index (χ1v) is 13.3. The Bertz CT molecular complexity index is 1460. The van der Waals surface area contributed by atoms with Gasteiger partial charge in [-0.15, -0.1) is 0 Å². The van der Waals surface area contributed by atoms with Crippen LogP contribution in [-0.2, 0) is 25.7 Å². The Balaban J connectivity index is 1.68. The molecule has 5 rings (SSSR count). The Kier molecular flexibility index (Phi) is 6.71. The first-order chi connectivity index (χ1) is 17.2. The van der Waals surface area contributed by atoms with E-state index in [1.807, 2.05) is 0 Å². The summed E-state index contributed by atoms with van der Waals surface area (Å²) >= 11 is 14.8. The van der Waals surface area contributed by atoms with Crippen LogP contribution in [0.5, 0.6) is 0 Å². The number of carbonyl (C=O) groups is 3. The number of ether oxygens (including phenoxy) is 1. The molecule has 3 unspecified atom stereocenters. The van der Waals surface area contributed by atoms with Crippen LogP contribution in [0, 0.1) is 11.7 Å². The first kappa shape index (κ1) is 25.0. The summed E-state index contributed by atoms with van der Waals surface area (Å²) in [6.07, 6.45) is 0. The zero-order chi connectivity index (χ0) is 25.7.